The monoisotopic (exact) mass is 438 g/mol. The summed E-state index contributed by atoms with van der Waals surface area (Å²) >= 11 is 1.58. The molecule has 2 amide bonds. The van der Waals surface area contributed by atoms with Gasteiger partial charge in [0.25, 0.3) is 0 Å². The second kappa shape index (κ2) is 13.3. The second-order valence-corrected chi connectivity index (χ2v) is 8.71. The average molecular weight is 439 g/mol. The normalized spacial score (nSPS) is 12.9. The molecule has 0 saturated carbocycles. The molecular weight excluding hydrogens is 404 g/mol. The standard InChI is InChI=1S/C22H34N2O5S/c1-14(2)9-19(24-21(26)18(23-13-25)7-8-30-6)22(27)29-20-15(3)10-17(12-28-5)11-16(20)4/h10-11,13-14,18-19H,7-9,12H2,1-6H3,(H,23,25)(H,24,26). The number of esters is 1. The zero-order valence-electron chi connectivity index (χ0n) is 18.7. The van der Waals surface area contributed by atoms with E-state index in [4.69, 9.17) is 9.47 Å². The highest BCUT2D eigenvalue weighted by atomic mass is 32.2. The molecule has 0 spiro atoms. The Morgan fingerprint density at radius 2 is 1.80 bits per heavy atom. The van der Waals surface area contributed by atoms with Crippen LogP contribution < -0.4 is 15.4 Å². The number of amides is 2. The molecule has 1 aromatic carbocycles. The molecule has 2 atom stereocenters. The number of carbonyl (C=O) groups is 3. The van der Waals surface area contributed by atoms with Gasteiger partial charge in [0, 0.05) is 7.11 Å². The average Bonchev–Trinajstić information content (AvgIpc) is 2.67. The number of hydrogen-bond acceptors (Lipinski definition) is 6. The Morgan fingerprint density at radius 1 is 1.17 bits per heavy atom. The van der Waals surface area contributed by atoms with Crippen molar-refractivity contribution in [3.63, 3.8) is 0 Å². The molecule has 0 aliphatic heterocycles. The van der Waals surface area contributed by atoms with Crippen molar-refractivity contribution in [2.45, 2.75) is 59.2 Å². The predicted octanol–water partition coefficient (Wildman–Crippen LogP) is 2.75. The number of hydrogen-bond donors (Lipinski definition) is 2. The molecule has 8 heteroatoms. The van der Waals surface area contributed by atoms with Crippen LogP contribution in [0.5, 0.6) is 5.75 Å². The lowest BCUT2D eigenvalue weighted by Gasteiger charge is -2.23. The van der Waals surface area contributed by atoms with Gasteiger partial charge < -0.3 is 20.1 Å². The van der Waals surface area contributed by atoms with Crippen LogP contribution in [0.4, 0.5) is 0 Å². The molecule has 2 N–H and O–H groups in total. The van der Waals surface area contributed by atoms with Crippen molar-refractivity contribution in [2.24, 2.45) is 5.92 Å². The third-order valence-corrected chi connectivity index (χ3v) is 5.18. The van der Waals surface area contributed by atoms with Gasteiger partial charge in [-0.2, -0.15) is 11.8 Å². The number of rotatable bonds is 13. The quantitative estimate of drug-likeness (QED) is 0.279. The van der Waals surface area contributed by atoms with E-state index in [1.165, 1.54) is 0 Å². The number of aryl methyl sites for hydroxylation is 2. The molecule has 0 radical (unpaired) electrons. The number of thioether (sulfide) groups is 1. The molecular formula is C22H34N2O5S. The summed E-state index contributed by atoms with van der Waals surface area (Å²) in [5.74, 6) is 0.468. The van der Waals surface area contributed by atoms with Gasteiger partial charge in [-0.1, -0.05) is 26.0 Å². The molecule has 0 aromatic heterocycles. The first kappa shape index (κ1) is 26.0. The highest BCUT2D eigenvalue weighted by Gasteiger charge is 2.28. The molecule has 2 unspecified atom stereocenters. The van der Waals surface area contributed by atoms with Gasteiger partial charge in [-0.25, -0.2) is 4.79 Å². The van der Waals surface area contributed by atoms with Crippen LogP contribution in [-0.2, 0) is 25.7 Å². The van der Waals surface area contributed by atoms with Gasteiger partial charge in [0.2, 0.25) is 12.3 Å². The van der Waals surface area contributed by atoms with Crippen molar-refractivity contribution in [1.82, 2.24) is 10.6 Å². The van der Waals surface area contributed by atoms with E-state index >= 15 is 0 Å². The van der Waals surface area contributed by atoms with Gasteiger partial charge in [-0.05, 0) is 61.3 Å². The second-order valence-electron chi connectivity index (χ2n) is 7.72. The van der Waals surface area contributed by atoms with E-state index in [1.807, 2.05) is 46.1 Å². The first-order chi connectivity index (χ1) is 14.2. The van der Waals surface area contributed by atoms with Gasteiger partial charge in [-0.15, -0.1) is 0 Å². The van der Waals surface area contributed by atoms with Crippen LogP contribution in [0.15, 0.2) is 12.1 Å². The van der Waals surface area contributed by atoms with E-state index in [-0.39, 0.29) is 11.8 Å². The Hall–Kier alpha value is -2.06. The maximum absolute atomic E-state index is 12.9. The summed E-state index contributed by atoms with van der Waals surface area (Å²) in [4.78, 5) is 36.5. The lowest BCUT2D eigenvalue weighted by molar-refractivity contribution is -0.140. The molecule has 1 aromatic rings. The number of ether oxygens (including phenoxy) is 2. The Balaban J connectivity index is 2.99. The molecule has 1 rings (SSSR count). The largest absolute Gasteiger partial charge is 0.424 e. The van der Waals surface area contributed by atoms with Gasteiger partial charge >= 0.3 is 5.97 Å². The maximum atomic E-state index is 12.9. The van der Waals surface area contributed by atoms with Crippen molar-refractivity contribution < 1.29 is 23.9 Å². The van der Waals surface area contributed by atoms with Gasteiger partial charge in [0.15, 0.2) is 0 Å². The fraction of sp³-hybridized carbons (Fsp3) is 0.591. The smallest absolute Gasteiger partial charge is 0.334 e. The molecule has 0 saturated heterocycles. The van der Waals surface area contributed by atoms with Crippen molar-refractivity contribution in [1.29, 1.82) is 0 Å². The van der Waals surface area contributed by atoms with Crippen molar-refractivity contribution in [3.8, 4) is 5.75 Å². The van der Waals surface area contributed by atoms with E-state index in [1.54, 1.807) is 18.9 Å². The lowest BCUT2D eigenvalue weighted by atomic mass is 10.0. The van der Waals surface area contributed by atoms with Crippen LogP contribution in [0.1, 0.15) is 43.4 Å². The zero-order valence-corrected chi connectivity index (χ0v) is 19.6. The molecule has 7 nitrogen and oxygen atoms in total. The molecule has 0 fully saturated rings. The minimum Gasteiger partial charge on any atom is -0.424 e. The number of carbonyl (C=O) groups excluding carboxylic acids is 3. The summed E-state index contributed by atoms with van der Waals surface area (Å²) in [7, 11) is 1.63. The molecule has 0 aliphatic carbocycles. The lowest BCUT2D eigenvalue weighted by Crippen LogP contribution is -2.51. The third-order valence-electron chi connectivity index (χ3n) is 4.54. The minimum absolute atomic E-state index is 0.165. The van der Waals surface area contributed by atoms with E-state index in [2.05, 4.69) is 10.6 Å². The van der Waals surface area contributed by atoms with E-state index in [0.29, 0.717) is 37.4 Å². The third kappa shape index (κ3) is 8.36. The number of methoxy groups -OCH3 is 1. The van der Waals surface area contributed by atoms with Crippen LogP contribution in [0.3, 0.4) is 0 Å². The van der Waals surface area contributed by atoms with Crippen LogP contribution in [0.25, 0.3) is 0 Å². The number of nitrogens with one attached hydrogen (secondary N) is 2. The van der Waals surface area contributed by atoms with E-state index < -0.39 is 18.1 Å². The summed E-state index contributed by atoms with van der Waals surface area (Å²) in [6, 6.07) is 2.35. The highest BCUT2D eigenvalue weighted by molar-refractivity contribution is 7.98. The van der Waals surface area contributed by atoms with Gasteiger partial charge in [0.05, 0.1) is 6.61 Å². The summed E-state index contributed by atoms with van der Waals surface area (Å²) in [5.41, 5.74) is 2.65. The van der Waals surface area contributed by atoms with E-state index in [0.717, 1.165) is 16.7 Å². The molecule has 0 aliphatic rings. The van der Waals surface area contributed by atoms with Crippen molar-refractivity contribution >= 4 is 30.0 Å². The highest BCUT2D eigenvalue weighted by Crippen LogP contribution is 2.26. The Kier molecular flexibility index (Phi) is 11.5. The fourth-order valence-electron chi connectivity index (χ4n) is 3.19. The summed E-state index contributed by atoms with van der Waals surface area (Å²) in [5, 5.41) is 5.30. The molecule has 168 valence electrons. The summed E-state index contributed by atoms with van der Waals surface area (Å²) in [6.07, 6.45) is 3.35. The first-order valence-electron chi connectivity index (χ1n) is 10.0. The molecule has 0 bridgehead atoms. The maximum Gasteiger partial charge on any atom is 0.334 e. The van der Waals surface area contributed by atoms with E-state index in [9.17, 15) is 14.4 Å². The Labute approximate surface area is 183 Å². The summed E-state index contributed by atoms with van der Waals surface area (Å²) < 4.78 is 10.9. The van der Waals surface area contributed by atoms with Crippen molar-refractivity contribution in [3.05, 3.63) is 28.8 Å². The predicted molar refractivity (Wildman–Crippen MR) is 120 cm³/mol. The van der Waals surface area contributed by atoms with Crippen LogP contribution in [0.2, 0.25) is 0 Å². The number of benzene rings is 1. The van der Waals surface area contributed by atoms with Gasteiger partial charge in [-0.3, -0.25) is 9.59 Å². The SMILES string of the molecule is COCc1cc(C)c(OC(=O)C(CC(C)C)NC(=O)C(CCSC)NC=O)c(C)c1. The Bertz CT molecular complexity index is 700. The van der Waals surface area contributed by atoms with Crippen molar-refractivity contribution in [2.75, 3.05) is 19.1 Å². The Morgan fingerprint density at radius 3 is 2.30 bits per heavy atom. The first-order valence-corrected chi connectivity index (χ1v) is 11.4. The fourth-order valence-corrected chi connectivity index (χ4v) is 3.66. The van der Waals surface area contributed by atoms with Crippen LogP contribution >= 0.6 is 11.8 Å². The summed E-state index contributed by atoms with van der Waals surface area (Å²) in [6.45, 7) is 8.16. The minimum atomic E-state index is -0.805. The molecule has 0 heterocycles. The molecule has 30 heavy (non-hydrogen) atoms. The zero-order chi connectivity index (χ0) is 22.7. The van der Waals surface area contributed by atoms with Crippen LogP contribution in [0, 0.1) is 19.8 Å². The topological polar surface area (TPSA) is 93.7 Å². The van der Waals surface area contributed by atoms with Crippen LogP contribution in [-0.4, -0.2) is 49.5 Å². The van der Waals surface area contributed by atoms with Gasteiger partial charge in [0.1, 0.15) is 17.8 Å².